The first kappa shape index (κ1) is 21.4. The van der Waals surface area contributed by atoms with Crippen molar-refractivity contribution < 1.29 is 13.2 Å². The number of aromatic nitrogens is 1. The number of hydrogen-bond acceptors (Lipinski definition) is 5. The predicted molar refractivity (Wildman–Crippen MR) is 125 cm³/mol. The average Bonchev–Trinajstić information content (AvgIpc) is 3.34. The molecule has 0 atom stereocenters. The molecule has 1 aliphatic heterocycles. The minimum absolute atomic E-state index is 0.0705. The third kappa shape index (κ3) is 5.46. The molecule has 2 aromatic carbocycles. The van der Waals surface area contributed by atoms with E-state index in [1.807, 2.05) is 60.0 Å². The van der Waals surface area contributed by atoms with E-state index in [-0.39, 0.29) is 11.8 Å². The lowest BCUT2D eigenvalue weighted by molar-refractivity contribution is -0.120. The molecule has 0 saturated carbocycles. The summed E-state index contributed by atoms with van der Waals surface area (Å²) in [6.45, 7) is 0.672. The van der Waals surface area contributed by atoms with Crippen molar-refractivity contribution in [2.45, 2.75) is 12.8 Å². The third-order valence-corrected chi connectivity index (χ3v) is 7.64. The maximum Gasteiger partial charge on any atom is 0.236 e. The maximum atomic E-state index is 12.6. The van der Waals surface area contributed by atoms with Crippen LogP contribution in [0.4, 0.5) is 5.69 Å². The molecule has 0 aliphatic carbocycles. The highest BCUT2D eigenvalue weighted by atomic mass is 32.2. The zero-order chi connectivity index (χ0) is 21.7. The molecule has 8 heteroatoms. The zero-order valence-corrected chi connectivity index (χ0v) is 18.5. The van der Waals surface area contributed by atoms with Crippen molar-refractivity contribution in [3.63, 3.8) is 0 Å². The van der Waals surface area contributed by atoms with Crippen LogP contribution in [0, 0.1) is 5.92 Å². The van der Waals surface area contributed by atoms with Gasteiger partial charge in [-0.1, -0.05) is 30.3 Å². The molecule has 1 amide bonds. The summed E-state index contributed by atoms with van der Waals surface area (Å²) in [5.41, 5.74) is 2.57. The summed E-state index contributed by atoms with van der Waals surface area (Å²) in [6.07, 6.45) is 4.37. The number of sulfonamides is 1. The molecular weight excluding hydrogens is 430 g/mol. The molecule has 3 aromatic rings. The fourth-order valence-electron chi connectivity index (χ4n) is 3.49. The second-order valence-corrected chi connectivity index (χ2v) is 10.0. The molecule has 2 heterocycles. The minimum atomic E-state index is -3.50. The van der Waals surface area contributed by atoms with Crippen molar-refractivity contribution in [1.29, 1.82) is 0 Å². The molecule has 1 N–H and O–H groups in total. The lowest BCUT2D eigenvalue weighted by Crippen LogP contribution is -2.40. The molecule has 0 spiro atoms. The zero-order valence-electron chi connectivity index (χ0n) is 16.8. The Morgan fingerprint density at radius 2 is 1.77 bits per heavy atom. The van der Waals surface area contributed by atoms with Gasteiger partial charge in [0.15, 0.2) is 0 Å². The van der Waals surface area contributed by atoms with E-state index >= 15 is 0 Å². The Hall–Kier alpha value is -2.81. The Bertz CT molecular complexity index is 1130. The van der Waals surface area contributed by atoms with Crippen LogP contribution in [-0.4, -0.2) is 36.7 Å². The summed E-state index contributed by atoms with van der Waals surface area (Å²) in [7, 11) is -3.50. The number of benzene rings is 2. The van der Waals surface area contributed by atoms with E-state index in [0.717, 1.165) is 21.8 Å². The standard InChI is InChI=1S/C23H23N3O3S2/c27-22(25-21-8-6-20(7-9-21)23-24-13-16-30-23)19-10-14-26(15-11-19)31(28,29)17-12-18-4-2-1-3-5-18/h1-9,12-13,16-17,19H,10-11,14-15H2,(H,25,27). The molecule has 160 valence electrons. The normalized spacial score (nSPS) is 15.9. The molecule has 1 aliphatic rings. The SMILES string of the molecule is O=C(Nc1ccc(-c2nccs2)cc1)C1CCN(S(=O)(=O)C=Cc2ccccc2)CC1. The van der Waals surface area contributed by atoms with Crippen LogP contribution in [-0.2, 0) is 14.8 Å². The smallest absolute Gasteiger partial charge is 0.236 e. The molecule has 6 nitrogen and oxygen atoms in total. The summed E-state index contributed by atoms with van der Waals surface area (Å²) >= 11 is 1.57. The van der Waals surface area contributed by atoms with Gasteiger partial charge in [-0.25, -0.2) is 13.4 Å². The van der Waals surface area contributed by atoms with Gasteiger partial charge >= 0.3 is 0 Å². The van der Waals surface area contributed by atoms with E-state index in [1.54, 1.807) is 23.6 Å². The van der Waals surface area contributed by atoms with Crippen LogP contribution in [0.3, 0.4) is 0 Å². The van der Waals surface area contributed by atoms with Crippen molar-refractivity contribution in [2.24, 2.45) is 5.92 Å². The van der Waals surface area contributed by atoms with E-state index < -0.39 is 10.0 Å². The second-order valence-electron chi connectivity index (χ2n) is 7.34. The maximum absolute atomic E-state index is 12.6. The fraction of sp³-hybridized carbons (Fsp3) is 0.217. The lowest BCUT2D eigenvalue weighted by Gasteiger charge is -2.29. The number of amides is 1. The summed E-state index contributed by atoms with van der Waals surface area (Å²) in [6, 6.07) is 16.9. The molecule has 0 radical (unpaired) electrons. The highest BCUT2D eigenvalue weighted by Gasteiger charge is 2.30. The molecule has 0 unspecified atom stereocenters. The van der Waals surface area contributed by atoms with E-state index in [0.29, 0.717) is 25.9 Å². The summed E-state index contributed by atoms with van der Waals surface area (Å²) in [4.78, 5) is 16.9. The summed E-state index contributed by atoms with van der Waals surface area (Å²) in [5, 5.41) is 7.05. The monoisotopic (exact) mass is 453 g/mol. The quantitative estimate of drug-likeness (QED) is 0.598. The lowest BCUT2D eigenvalue weighted by atomic mass is 9.97. The van der Waals surface area contributed by atoms with Gasteiger partial charge in [0.05, 0.1) is 0 Å². The number of rotatable bonds is 6. The van der Waals surface area contributed by atoms with Crippen molar-refractivity contribution in [3.8, 4) is 10.6 Å². The highest BCUT2D eigenvalue weighted by molar-refractivity contribution is 7.92. The first-order valence-corrected chi connectivity index (χ1v) is 12.4. The van der Waals surface area contributed by atoms with E-state index in [9.17, 15) is 13.2 Å². The number of nitrogens with zero attached hydrogens (tertiary/aromatic N) is 2. The average molecular weight is 454 g/mol. The molecular formula is C23H23N3O3S2. The van der Waals surface area contributed by atoms with Crippen LogP contribution < -0.4 is 5.32 Å². The highest BCUT2D eigenvalue weighted by Crippen LogP contribution is 2.25. The molecule has 0 bridgehead atoms. The number of thiazole rings is 1. The van der Waals surface area contributed by atoms with Gasteiger partial charge in [-0.15, -0.1) is 11.3 Å². The Morgan fingerprint density at radius 3 is 2.42 bits per heavy atom. The largest absolute Gasteiger partial charge is 0.326 e. The van der Waals surface area contributed by atoms with Crippen molar-refractivity contribution >= 4 is 39.0 Å². The first-order chi connectivity index (χ1) is 15.0. The van der Waals surface area contributed by atoms with Crippen molar-refractivity contribution in [3.05, 3.63) is 77.1 Å². The van der Waals surface area contributed by atoms with E-state index in [2.05, 4.69) is 10.3 Å². The van der Waals surface area contributed by atoms with Crippen molar-refractivity contribution in [1.82, 2.24) is 9.29 Å². The predicted octanol–water partition coefficient (Wildman–Crippen LogP) is 4.46. The van der Waals surface area contributed by atoms with E-state index in [4.69, 9.17) is 0 Å². The molecule has 1 aromatic heterocycles. The van der Waals surface area contributed by atoms with Crippen LogP contribution >= 0.6 is 11.3 Å². The van der Waals surface area contributed by atoms with Crippen LogP contribution in [0.2, 0.25) is 0 Å². The van der Waals surface area contributed by atoms with E-state index in [1.165, 1.54) is 9.71 Å². The Labute approximate surface area is 186 Å². The Kier molecular flexibility index (Phi) is 6.60. The van der Waals surface area contributed by atoms with Crippen LogP contribution in [0.25, 0.3) is 16.6 Å². The number of carbonyl (C=O) groups excluding carboxylic acids is 1. The van der Waals surface area contributed by atoms with Gasteiger partial charge in [0.2, 0.25) is 15.9 Å². The number of nitrogens with one attached hydrogen (secondary N) is 1. The second kappa shape index (κ2) is 9.55. The number of anilines is 1. The topological polar surface area (TPSA) is 79.4 Å². The van der Waals surface area contributed by atoms with Crippen molar-refractivity contribution in [2.75, 3.05) is 18.4 Å². The van der Waals surface area contributed by atoms with Gasteiger partial charge in [0.1, 0.15) is 5.01 Å². The van der Waals surface area contributed by atoms with Gasteiger partial charge in [-0.2, -0.15) is 4.31 Å². The molecule has 31 heavy (non-hydrogen) atoms. The van der Waals surface area contributed by atoms with Crippen LogP contribution in [0.15, 0.2) is 71.6 Å². The van der Waals surface area contributed by atoms with Gasteiger partial charge < -0.3 is 5.32 Å². The molecule has 1 saturated heterocycles. The first-order valence-electron chi connectivity index (χ1n) is 10.1. The van der Waals surface area contributed by atoms with Gasteiger partial charge in [0, 0.05) is 47.2 Å². The Balaban J connectivity index is 1.31. The molecule has 1 fully saturated rings. The van der Waals surface area contributed by atoms with Crippen LogP contribution in [0.5, 0.6) is 0 Å². The number of piperidine rings is 1. The number of hydrogen-bond donors (Lipinski definition) is 1. The minimum Gasteiger partial charge on any atom is -0.326 e. The van der Waals surface area contributed by atoms with Crippen LogP contribution in [0.1, 0.15) is 18.4 Å². The van der Waals surface area contributed by atoms with Gasteiger partial charge in [0.25, 0.3) is 0 Å². The summed E-state index contributed by atoms with van der Waals surface area (Å²) < 4.78 is 26.6. The summed E-state index contributed by atoms with van der Waals surface area (Å²) in [5.74, 6) is -0.276. The Morgan fingerprint density at radius 1 is 1.06 bits per heavy atom. The third-order valence-electron chi connectivity index (χ3n) is 5.25. The fourth-order valence-corrected chi connectivity index (χ4v) is 5.36. The van der Waals surface area contributed by atoms with Gasteiger partial charge in [-0.05, 0) is 48.7 Å². The molecule has 4 rings (SSSR count). The van der Waals surface area contributed by atoms with Gasteiger partial charge in [-0.3, -0.25) is 4.79 Å². The number of carbonyl (C=O) groups is 1.